The highest BCUT2D eigenvalue weighted by atomic mass is 35.5. The summed E-state index contributed by atoms with van der Waals surface area (Å²) in [4.78, 5) is 2.10. The third-order valence-corrected chi connectivity index (χ3v) is 3.03. The fraction of sp³-hybridized carbons (Fsp3) is 0.200. The van der Waals surface area contributed by atoms with Crippen LogP contribution in [0.1, 0.15) is 5.56 Å². The summed E-state index contributed by atoms with van der Waals surface area (Å²) in [6.45, 7) is 0.794. The van der Waals surface area contributed by atoms with E-state index in [1.54, 1.807) is 0 Å². The van der Waals surface area contributed by atoms with E-state index in [1.807, 2.05) is 50.5 Å². The van der Waals surface area contributed by atoms with Crippen molar-refractivity contribution in [2.45, 2.75) is 6.54 Å². The number of rotatable bonds is 4. The van der Waals surface area contributed by atoms with Crippen LogP contribution < -0.4 is 10.2 Å². The maximum absolute atomic E-state index is 5.87. The molecule has 0 fully saturated rings. The molecule has 0 bridgehead atoms. The van der Waals surface area contributed by atoms with Gasteiger partial charge in [-0.15, -0.1) is 0 Å². The predicted molar refractivity (Wildman–Crippen MR) is 79.5 cm³/mol. The van der Waals surface area contributed by atoms with Crippen LogP contribution in [0.2, 0.25) is 5.02 Å². The summed E-state index contributed by atoms with van der Waals surface area (Å²) in [5.74, 6) is 0. The molecular formula is C15H17ClN2. The quantitative estimate of drug-likeness (QED) is 0.893. The zero-order chi connectivity index (χ0) is 13.0. The molecule has 2 aromatic rings. The number of nitrogens with one attached hydrogen (secondary N) is 1. The Bertz CT molecular complexity index is 506. The number of benzene rings is 2. The Morgan fingerprint density at radius 1 is 1.00 bits per heavy atom. The average molecular weight is 261 g/mol. The largest absolute Gasteiger partial charge is 0.379 e. The minimum Gasteiger partial charge on any atom is -0.379 e. The van der Waals surface area contributed by atoms with Crippen LogP contribution in [0, 0.1) is 0 Å². The maximum atomic E-state index is 5.87. The molecule has 0 amide bonds. The molecule has 94 valence electrons. The predicted octanol–water partition coefficient (Wildman–Crippen LogP) is 4.02. The second kappa shape index (κ2) is 5.78. The van der Waals surface area contributed by atoms with Crippen LogP contribution >= 0.6 is 11.6 Å². The van der Waals surface area contributed by atoms with Crippen molar-refractivity contribution in [1.29, 1.82) is 0 Å². The Kier molecular flexibility index (Phi) is 4.11. The van der Waals surface area contributed by atoms with Gasteiger partial charge in [0.25, 0.3) is 0 Å². The highest BCUT2D eigenvalue weighted by Crippen LogP contribution is 2.24. The van der Waals surface area contributed by atoms with Gasteiger partial charge < -0.3 is 10.2 Å². The van der Waals surface area contributed by atoms with Crippen LogP contribution in [0.4, 0.5) is 11.4 Å². The van der Waals surface area contributed by atoms with E-state index < -0.39 is 0 Å². The van der Waals surface area contributed by atoms with Crippen LogP contribution in [0.3, 0.4) is 0 Å². The maximum Gasteiger partial charge on any atom is 0.0596 e. The summed E-state index contributed by atoms with van der Waals surface area (Å²) in [6, 6.07) is 16.2. The molecule has 0 atom stereocenters. The van der Waals surface area contributed by atoms with Crippen molar-refractivity contribution >= 4 is 23.0 Å². The highest BCUT2D eigenvalue weighted by molar-refractivity contribution is 6.30. The fourth-order valence-electron chi connectivity index (χ4n) is 1.81. The van der Waals surface area contributed by atoms with Crippen LogP contribution in [-0.2, 0) is 6.54 Å². The standard InChI is InChI=1S/C15H17ClN2/c1-18(2)15-6-4-3-5-14(15)17-11-12-7-9-13(16)10-8-12/h3-10,17H,11H2,1-2H3. The van der Waals surface area contributed by atoms with E-state index in [4.69, 9.17) is 11.6 Å². The first-order valence-corrected chi connectivity index (χ1v) is 6.29. The fourth-order valence-corrected chi connectivity index (χ4v) is 1.94. The van der Waals surface area contributed by atoms with Crippen LogP contribution in [0.25, 0.3) is 0 Å². The van der Waals surface area contributed by atoms with Crippen molar-refractivity contribution in [3.8, 4) is 0 Å². The van der Waals surface area contributed by atoms with E-state index in [-0.39, 0.29) is 0 Å². The second-order valence-corrected chi connectivity index (χ2v) is 4.83. The molecule has 3 heteroatoms. The normalized spacial score (nSPS) is 10.2. The topological polar surface area (TPSA) is 15.3 Å². The first-order valence-electron chi connectivity index (χ1n) is 5.91. The smallest absolute Gasteiger partial charge is 0.0596 e. The van der Waals surface area contributed by atoms with E-state index in [9.17, 15) is 0 Å². The van der Waals surface area contributed by atoms with E-state index >= 15 is 0 Å². The van der Waals surface area contributed by atoms with Crippen molar-refractivity contribution in [1.82, 2.24) is 0 Å². The first kappa shape index (κ1) is 12.8. The third-order valence-electron chi connectivity index (χ3n) is 2.78. The molecule has 0 saturated heterocycles. The zero-order valence-electron chi connectivity index (χ0n) is 10.7. The molecule has 1 N–H and O–H groups in total. The van der Waals surface area contributed by atoms with Crippen molar-refractivity contribution in [2.75, 3.05) is 24.3 Å². The number of para-hydroxylation sites is 2. The average Bonchev–Trinajstić information content (AvgIpc) is 2.38. The summed E-state index contributed by atoms with van der Waals surface area (Å²) in [6.07, 6.45) is 0. The lowest BCUT2D eigenvalue weighted by Crippen LogP contribution is -2.12. The Labute approximate surface area is 113 Å². The number of halogens is 1. The number of anilines is 2. The van der Waals surface area contributed by atoms with Crippen molar-refractivity contribution < 1.29 is 0 Å². The molecule has 0 unspecified atom stereocenters. The summed E-state index contributed by atoms with van der Waals surface area (Å²) in [5.41, 5.74) is 3.54. The SMILES string of the molecule is CN(C)c1ccccc1NCc1ccc(Cl)cc1. The molecule has 0 aliphatic rings. The summed E-state index contributed by atoms with van der Waals surface area (Å²) in [5, 5.41) is 4.22. The van der Waals surface area contributed by atoms with Gasteiger partial charge in [0.05, 0.1) is 11.4 Å². The van der Waals surface area contributed by atoms with Gasteiger partial charge in [-0.05, 0) is 29.8 Å². The van der Waals surface area contributed by atoms with E-state index in [2.05, 4.69) is 22.3 Å². The molecule has 0 saturated carbocycles. The van der Waals surface area contributed by atoms with Gasteiger partial charge in [0.2, 0.25) is 0 Å². The monoisotopic (exact) mass is 260 g/mol. The molecule has 0 heterocycles. The van der Waals surface area contributed by atoms with Gasteiger partial charge in [-0.1, -0.05) is 35.9 Å². The molecule has 0 radical (unpaired) electrons. The first-order chi connectivity index (χ1) is 8.66. The number of nitrogens with zero attached hydrogens (tertiary/aromatic N) is 1. The molecule has 0 aliphatic carbocycles. The number of hydrogen-bond acceptors (Lipinski definition) is 2. The molecule has 2 rings (SSSR count). The van der Waals surface area contributed by atoms with Gasteiger partial charge >= 0.3 is 0 Å². The highest BCUT2D eigenvalue weighted by Gasteiger charge is 2.02. The molecular weight excluding hydrogens is 244 g/mol. The minimum atomic E-state index is 0.771. The lowest BCUT2D eigenvalue weighted by atomic mass is 10.2. The third kappa shape index (κ3) is 3.17. The molecule has 2 nitrogen and oxygen atoms in total. The van der Waals surface area contributed by atoms with Crippen molar-refractivity contribution in [2.24, 2.45) is 0 Å². The minimum absolute atomic E-state index is 0.771. The van der Waals surface area contributed by atoms with Gasteiger partial charge in [0.15, 0.2) is 0 Å². The van der Waals surface area contributed by atoms with Gasteiger partial charge in [0.1, 0.15) is 0 Å². The Morgan fingerprint density at radius 3 is 2.33 bits per heavy atom. The van der Waals surface area contributed by atoms with Gasteiger partial charge in [-0.3, -0.25) is 0 Å². The van der Waals surface area contributed by atoms with Crippen molar-refractivity contribution in [3.63, 3.8) is 0 Å². The molecule has 0 spiro atoms. The van der Waals surface area contributed by atoms with Crippen LogP contribution in [0.15, 0.2) is 48.5 Å². The van der Waals surface area contributed by atoms with Gasteiger partial charge in [-0.25, -0.2) is 0 Å². The van der Waals surface area contributed by atoms with Crippen molar-refractivity contribution in [3.05, 3.63) is 59.1 Å². The van der Waals surface area contributed by atoms with Crippen LogP contribution in [-0.4, -0.2) is 14.1 Å². The molecule has 18 heavy (non-hydrogen) atoms. The zero-order valence-corrected chi connectivity index (χ0v) is 11.4. The summed E-state index contributed by atoms with van der Waals surface area (Å²) in [7, 11) is 4.09. The lowest BCUT2D eigenvalue weighted by molar-refractivity contribution is 1.10. The Morgan fingerprint density at radius 2 is 1.67 bits per heavy atom. The lowest BCUT2D eigenvalue weighted by Gasteiger charge is -2.18. The van der Waals surface area contributed by atoms with E-state index in [0.29, 0.717) is 0 Å². The molecule has 2 aromatic carbocycles. The van der Waals surface area contributed by atoms with E-state index in [0.717, 1.165) is 17.3 Å². The Hall–Kier alpha value is -1.67. The molecule has 0 aliphatic heterocycles. The Balaban J connectivity index is 2.08. The summed E-state index contributed by atoms with van der Waals surface area (Å²) < 4.78 is 0. The second-order valence-electron chi connectivity index (χ2n) is 4.39. The van der Waals surface area contributed by atoms with Crippen LogP contribution in [0.5, 0.6) is 0 Å². The van der Waals surface area contributed by atoms with Gasteiger partial charge in [0, 0.05) is 25.7 Å². The van der Waals surface area contributed by atoms with E-state index in [1.165, 1.54) is 11.3 Å². The van der Waals surface area contributed by atoms with Gasteiger partial charge in [-0.2, -0.15) is 0 Å². The summed E-state index contributed by atoms with van der Waals surface area (Å²) >= 11 is 5.87. The number of hydrogen-bond donors (Lipinski definition) is 1. The molecule has 0 aromatic heterocycles.